The van der Waals surface area contributed by atoms with Gasteiger partial charge in [0.2, 0.25) is 5.91 Å². The molecule has 0 bridgehead atoms. The number of carbonyl (C=O) groups excluding carboxylic acids is 1. The van der Waals surface area contributed by atoms with Crippen molar-refractivity contribution in [2.45, 2.75) is 44.7 Å². The van der Waals surface area contributed by atoms with Crippen LogP contribution in [-0.2, 0) is 4.79 Å². The Hall–Kier alpha value is -0.570. The molecule has 3 N–H and O–H groups in total. The number of rotatable bonds is 3. The Morgan fingerprint density at radius 1 is 1.73 bits per heavy atom. The molecule has 1 rings (SSSR count). The molecule has 0 radical (unpaired) electrons. The summed E-state index contributed by atoms with van der Waals surface area (Å²) in [5, 5.41) is 2.94. The second kappa shape index (κ2) is 2.81. The van der Waals surface area contributed by atoms with Gasteiger partial charge in [-0.05, 0) is 26.7 Å². The molecule has 0 saturated heterocycles. The van der Waals surface area contributed by atoms with Crippen molar-refractivity contribution in [3.63, 3.8) is 0 Å². The van der Waals surface area contributed by atoms with Gasteiger partial charge < -0.3 is 11.1 Å². The van der Waals surface area contributed by atoms with Crippen LogP contribution in [0.5, 0.6) is 0 Å². The van der Waals surface area contributed by atoms with E-state index >= 15 is 0 Å². The monoisotopic (exact) mass is 156 g/mol. The maximum Gasteiger partial charge on any atom is 0.221 e. The first-order chi connectivity index (χ1) is 5.02. The van der Waals surface area contributed by atoms with Crippen molar-refractivity contribution in [3.05, 3.63) is 0 Å². The lowest BCUT2D eigenvalue weighted by Crippen LogP contribution is -2.37. The third-order valence-electron chi connectivity index (χ3n) is 1.95. The maximum absolute atomic E-state index is 11.1. The minimum absolute atomic E-state index is 0.0302. The number of nitrogens with one attached hydrogen (secondary N) is 1. The van der Waals surface area contributed by atoms with Crippen LogP contribution in [0.25, 0.3) is 0 Å². The molecule has 3 heteroatoms. The summed E-state index contributed by atoms with van der Waals surface area (Å²) < 4.78 is 0. The van der Waals surface area contributed by atoms with E-state index in [0.29, 0.717) is 6.42 Å². The van der Waals surface area contributed by atoms with Crippen LogP contribution in [0.2, 0.25) is 0 Å². The van der Waals surface area contributed by atoms with Gasteiger partial charge in [-0.1, -0.05) is 0 Å². The number of nitrogens with two attached hydrogens (primary N) is 1. The molecule has 3 nitrogen and oxygen atoms in total. The summed E-state index contributed by atoms with van der Waals surface area (Å²) in [5.74, 6) is 0.0833. The van der Waals surface area contributed by atoms with Crippen LogP contribution in [0.1, 0.15) is 33.1 Å². The highest BCUT2D eigenvalue weighted by molar-refractivity contribution is 5.77. The average molecular weight is 156 g/mol. The molecule has 0 heterocycles. The molecule has 1 fully saturated rings. The van der Waals surface area contributed by atoms with Gasteiger partial charge in [-0.25, -0.2) is 0 Å². The lowest BCUT2D eigenvalue weighted by Gasteiger charge is -2.12. The lowest BCUT2D eigenvalue weighted by molar-refractivity contribution is -0.122. The van der Waals surface area contributed by atoms with Gasteiger partial charge >= 0.3 is 0 Å². The van der Waals surface area contributed by atoms with Gasteiger partial charge in [0.25, 0.3) is 0 Å². The van der Waals surface area contributed by atoms with Gasteiger partial charge in [0.15, 0.2) is 0 Å². The quantitative estimate of drug-likeness (QED) is 0.621. The molecule has 0 aromatic heterocycles. The summed E-state index contributed by atoms with van der Waals surface area (Å²) in [6.45, 7) is 3.90. The largest absolute Gasteiger partial charge is 0.351 e. The molecule has 11 heavy (non-hydrogen) atoms. The summed E-state index contributed by atoms with van der Waals surface area (Å²) in [6.07, 6.45) is 2.66. The van der Waals surface area contributed by atoms with Crippen molar-refractivity contribution < 1.29 is 4.79 Å². The van der Waals surface area contributed by atoms with Crippen molar-refractivity contribution >= 4 is 5.91 Å². The maximum atomic E-state index is 11.1. The van der Waals surface area contributed by atoms with E-state index in [0.717, 1.165) is 12.8 Å². The van der Waals surface area contributed by atoms with Gasteiger partial charge in [0.05, 0.1) is 0 Å². The zero-order valence-electron chi connectivity index (χ0n) is 7.18. The Labute approximate surface area is 67.3 Å². The van der Waals surface area contributed by atoms with E-state index < -0.39 is 0 Å². The van der Waals surface area contributed by atoms with Crippen molar-refractivity contribution in [3.8, 4) is 0 Å². The number of hydrogen-bond acceptors (Lipinski definition) is 2. The zero-order valence-corrected chi connectivity index (χ0v) is 7.18. The SMILES string of the molecule is CC(N)CC(=O)NC1(C)CC1. The predicted molar refractivity (Wildman–Crippen MR) is 44.0 cm³/mol. The molecule has 1 atom stereocenters. The van der Waals surface area contributed by atoms with E-state index in [4.69, 9.17) is 5.73 Å². The summed E-state index contributed by atoms with van der Waals surface area (Å²) in [7, 11) is 0. The first-order valence-electron chi connectivity index (χ1n) is 4.08. The highest BCUT2D eigenvalue weighted by Crippen LogP contribution is 2.34. The Bertz CT molecular complexity index is 161. The van der Waals surface area contributed by atoms with Crippen LogP contribution in [0.4, 0.5) is 0 Å². The van der Waals surface area contributed by atoms with E-state index in [2.05, 4.69) is 12.2 Å². The lowest BCUT2D eigenvalue weighted by atomic mass is 10.2. The number of hydrogen-bond donors (Lipinski definition) is 2. The van der Waals surface area contributed by atoms with E-state index in [1.807, 2.05) is 6.92 Å². The molecule has 1 amide bonds. The summed E-state index contributed by atoms with van der Waals surface area (Å²) in [6, 6.07) is -0.0302. The second-order valence-corrected chi connectivity index (χ2v) is 3.79. The average Bonchev–Trinajstić information content (AvgIpc) is 2.44. The van der Waals surface area contributed by atoms with Gasteiger partial charge in [0.1, 0.15) is 0 Å². The van der Waals surface area contributed by atoms with E-state index in [9.17, 15) is 4.79 Å². The van der Waals surface area contributed by atoms with Crippen LogP contribution < -0.4 is 11.1 Å². The fourth-order valence-electron chi connectivity index (χ4n) is 0.993. The Morgan fingerprint density at radius 3 is 2.64 bits per heavy atom. The van der Waals surface area contributed by atoms with Gasteiger partial charge in [-0.3, -0.25) is 4.79 Å². The highest BCUT2D eigenvalue weighted by Gasteiger charge is 2.38. The molecule has 0 aromatic rings. The number of amides is 1. The first-order valence-corrected chi connectivity index (χ1v) is 4.08. The van der Waals surface area contributed by atoms with Gasteiger partial charge in [0, 0.05) is 18.0 Å². The Balaban J connectivity index is 2.21. The minimum Gasteiger partial charge on any atom is -0.351 e. The molecule has 0 aromatic carbocycles. The zero-order chi connectivity index (χ0) is 8.48. The molecular formula is C8H16N2O. The fraction of sp³-hybridized carbons (Fsp3) is 0.875. The van der Waals surface area contributed by atoms with E-state index in [1.165, 1.54) is 0 Å². The Morgan fingerprint density at radius 2 is 2.27 bits per heavy atom. The van der Waals surface area contributed by atoms with Crippen molar-refractivity contribution in [1.29, 1.82) is 0 Å². The normalized spacial score (nSPS) is 22.5. The summed E-state index contributed by atoms with van der Waals surface area (Å²) >= 11 is 0. The van der Waals surface area contributed by atoms with Crippen LogP contribution in [0.15, 0.2) is 0 Å². The smallest absolute Gasteiger partial charge is 0.221 e. The van der Waals surface area contributed by atoms with Gasteiger partial charge in [-0.15, -0.1) is 0 Å². The summed E-state index contributed by atoms with van der Waals surface area (Å²) in [5.41, 5.74) is 5.57. The third kappa shape index (κ3) is 2.89. The third-order valence-corrected chi connectivity index (χ3v) is 1.95. The number of carbonyl (C=O) groups is 1. The first kappa shape index (κ1) is 8.53. The molecule has 1 aliphatic carbocycles. The Kier molecular flexibility index (Phi) is 2.18. The van der Waals surface area contributed by atoms with Crippen molar-refractivity contribution in [2.75, 3.05) is 0 Å². The molecule has 0 spiro atoms. The van der Waals surface area contributed by atoms with Crippen LogP contribution in [-0.4, -0.2) is 17.5 Å². The van der Waals surface area contributed by atoms with E-state index in [1.54, 1.807) is 0 Å². The molecule has 1 unspecified atom stereocenters. The topological polar surface area (TPSA) is 55.1 Å². The molecule has 0 aliphatic heterocycles. The van der Waals surface area contributed by atoms with Crippen LogP contribution in [0, 0.1) is 0 Å². The standard InChI is InChI=1S/C8H16N2O/c1-6(9)5-7(11)10-8(2)3-4-8/h6H,3-5,9H2,1-2H3,(H,10,11). The van der Waals surface area contributed by atoms with Crippen molar-refractivity contribution in [1.82, 2.24) is 5.32 Å². The van der Waals surface area contributed by atoms with Gasteiger partial charge in [-0.2, -0.15) is 0 Å². The highest BCUT2D eigenvalue weighted by atomic mass is 16.1. The molecular weight excluding hydrogens is 140 g/mol. The molecule has 64 valence electrons. The molecule has 1 aliphatic rings. The van der Waals surface area contributed by atoms with Crippen LogP contribution in [0.3, 0.4) is 0 Å². The molecule has 1 saturated carbocycles. The van der Waals surface area contributed by atoms with Crippen molar-refractivity contribution in [2.24, 2.45) is 5.73 Å². The predicted octanol–water partition coefficient (Wildman–Crippen LogP) is 0.392. The minimum atomic E-state index is -0.0302. The van der Waals surface area contributed by atoms with Crippen LogP contribution >= 0.6 is 0 Å². The fourth-order valence-corrected chi connectivity index (χ4v) is 0.993. The van der Waals surface area contributed by atoms with E-state index in [-0.39, 0.29) is 17.5 Å². The summed E-state index contributed by atoms with van der Waals surface area (Å²) in [4.78, 5) is 11.1. The second-order valence-electron chi connectivity index (χ2n) is 3.79.